The molecule has 0 fully saturated rings. The fourth-order valence-electron chi connectivity index (χ4n) is 2.22. The van der Waals surface area contributed by atoms with Crippen LogP contribution in [-0.2, 0) is 0 Å². The van der Waals surface area contributed by atoms with Crippen LogP contribution >= 0.6 is 0 Å². The summed E-state index contributed by atoms with van der Waals surface area (Å²) in [6.45, 7) is 1.26. The van der Waals surface area contributed by atoms with Crippen LogP contribution in [0.1, 0.15) is 23.2 Å². The van der Waals surface area contributed by atoms with Gasteiger partial charge in [-0.3, -0.25) is 4.79 Å². The summed E-state index contributed by atoms with van der Waals surface area (Å²) in [7, 11) is 0. The molecule has 0 saturated heterocycles. The quantitative estimate of drug-likeness (QED) is 0.657. The summed E-state index contributed by atoms with van der Waals surface area (Å²) >= 11 is 0. The lowest BCUT2D eigenvalue weighted by Gasteiger charge is -2.07. The van der Waals surface area contributed by atoms with Crippen LogP contribution in [0.3, 0.4) is 0 Å². The van der Waals surface area contributed by atoms with E-state index in [0.717, 1.165) is 24.1 Å². The molecule has 0 radical (unpaired) electrons. The highest BCUT2D eigenvalue weighted by Gasteiger charge is 2.07. The van der Waals surface area contributed by atoms with E-state index in [9.17, 15) is 4.79 Å². The summed E-state index contributed by atoms with van der Waals surface area (Å²) in [5, 5.41) is 13.4. The van der Waals surface area contributed by atoms with Gasteiger partial charge in [0.15, 0.2) is 0 Å². The van der Waals surface area contributed by atoms with Crippen LogP contribution in [0.25, 0.3) is 11.0 Å². The van der Waals surface area contributed by atoms with Crippen LogP contribution in [0.5, 0.6) is 5.75 Å². The van der Waals surface area contributed by atoms with E-state index in [4.69, 9.17) is 4.74 Å². The lowest BCUT2D eigenvalue weighted by Crippen LogP contribution is -2.24. The second-order valence-corrected chi connectivity index (χ2v) is 5.15. The average Bonchev–Trinajstić information content (AvgIpc) is 3.06. The van der Waals surface area contributed by atoms with E-state index in [0.29, 0.717) is 24.2 Å². The SMILES string of the molecule is O=C(NCCCCOc1ccccc1)c1ccc2n[nH]nc2c1. The van der Waals surface area contributed by atoms with Crippen molar-refractivity contribution in [3.63, 3.8) is 0 Å². The van der Waals surface area contributed by atoms with E-state index in [-0.39, 0.29) is 5.91 Å². The van der Waals surface area contributed by atoms with Gasteiger partial charge in [-0.1, -0.05) is 18.2 Å². The van der Waals surface area contributed by atoms with Crippen molar-refractivity contribution in [2.75, 3.05) is 13.2 Å². The summed E-state index contributed by atoms with van der Waals surface area (Å²) in [5.41, 5.74) is 2.03. The Morgan fingerprint density at radius 1 is 1.04 bits per heavy atom. The first-order valence-corrected chi connectivity index (χ1v) is 7.59. The number of carbonyl (C=O) groups is 1. The van der Waals surface area contributed by atoms with Gasteiger partial charge >= 0.3 is 0 Å². The summed E-state index contributed by atoms with van der Waals surface area (Å²) in [6, 6.07) is 15.0. The largest absolute Gasteiger partial charge is 0.494 e. The Hall–Kier alpha value is -2.89. The zero-order valence-electron chi connectivity index (χ0n) is 12.7. The van der Waals surface area contributed by atoms with E-state index in [1.807, 2.05) is 30.3 Å². The van der Waals surface area contributed by atoms with E-state index >= 15 is 0 Å². The normalized spacial score (nSPS) is 10.6. The average molecular weight is 310 g/mol. The first-order valence-electron chi connectivity index (χ1n) is 7.59. The van der Waals surface area contributed by atoms with Gasteiger partial charge in [0.2, 0.25) is 0 Å². The number of rotatable bonds is 7. The topological polar surface area (TPSA) is 79.9 Å². The Morgan fingerprint density at radius 3 is 2.74 bits per heavy atom. The summed E-state index contributed by atoms with van der Waals surface area (Å²) in [5.74, 6) is 0.774. The molecule has 3 rings (SSSR count). The van der Waals surface area contributed by atoms with Gasteiger partial charge in [0.25, 0.3) is 5.91 Å². The van der Waals surface area contributed by atoms with Crippen molar-refractivity contribution in [2.24, 2.45) is 0 Å². The van der Waals surface area contributed by atoms with Crippen molar-refractivity contribution in [3.05, 3.63) is 54.1 Å². The minimum atomic E-state index is -0.0983. The zero-order valence-corrected chi connectivity index (χ0v) is 12.7. The molecule has 0 atom stereocenters. The van der Waals surface area contributed by atoms with Gasteiger partial charge < -0.3 is 10.1 Å². The van der Waals surface area contributed by atoms with Crippen molar-refractivity contribution in [1.82, 2.24) is 20.7 Å². The molecule has 0 aliphatic heterocycles. The molecule has 6 nitrogen and oxygen atoms in total. The number of carbonyl (C=O) groups excluding carboxylic acids is 1. The highest BCUT2D eigenvalue weighted by molar-refractivity contribution is 5.97. The third-order valence-electron chi connectivity index (χ3n) is 3.45. The van der Waals surface area contributed by atoms with Gasteiger partial charge in [0, 0.05) is 12.1 Å². The highest BCUT2D eigenvalue weighted by Crippen LogP contribution is 2.11. The molecule has 3 aromatic rings. The number of aromatic nitrogens is 3. The number of benzene rings is 2. The predicted molar refractivity (Wildman–Crippen MR) is 87.4 cm³/mol. The molecule has 118 valence electrons. The fourth-order valence-corrected chi connectivity index (χ4v) is 2.22. The van der Waals surface area contributed by atoms with Gasteiger partial charge in [-0.05, 0) is 43.2 Å². The van der Waals surface area contributed by atoms with Gasteiger partial charge in [0.1, 0.15) is 16.8 Å². The Labute approximate surface area is 133 Å². The highest BCUT2D eigenvalue weighted by atomic mass is 16.5. The molecule has 0 bridgehead atoms. The standard InChI is InChI=1S/C17H18N4O2/c22-17(13-8-9-15-16(12-13)20-21-19-15)18-10-4-5-11-23-14-6-2-1-3-7-14/h1-3,6-9,12H,4-5,10-11H2,(H,18,22)(H,19,20,21). The Bertz CT molecular complexity index is 770. The lowest BCUT2D eigenvalue weighted by atomic mass is 10.2. The number of fused-ring (bicyclic) bond motifs is 1. The lowest BCUT2D eigenvalue weighted by molar-refractivity contribution is 0.0952. The van der Waals surface area contributed by atoms with E-state index in [2.05, 4.69) is 20.7 Å². The molecule has 1 aromatic heterocycles. The Morgan fingerprint density at radius 2 is 1.87 bits per heavy atom. The molecule has 0 unspecified atom stereocenters. The number of H-pyrrole nitrogens is 1. The summed E-state index contributed by atoms with van der Waals surface area (Å²) in [6.07, 6.45) is 1.75. The smallest absolute Gasteiger partial charge is 0.251 e. The van der Waals surface area contributed by atoms with Crippen molar-refractivity contribution in [2.45, 2.75) is 12.8 Å². The van der Waals surface area contributed by atoms with Crippen LogP contribution in [0.2, 0.25) is 0 Å². The Balaban J connectivity index is 1.37. The number of amides is 1. The van der Waals surface area contributed by atoms with Crippen LogP contribution in [0.4, 0.5) is 0 Å². The minimum Gasteiger partial charge on any atom is -0.494 e. The number of unbranched alkanes of at least 4 members (excludes halogenated alkanes) is 1. The first kappa shape index (κ1) is 15.0. The van der Waals surface area contributed by atoms with E-state index < -0.39 is 0 Å². The Kier molecular flexibility index (Phi) is 4.83. The molecule has 1 amide bonds. The molecule has 0 saturated carbocycles. The van der Waals surface area contributed by atoms with Gasteiger partial charge in [-0.2, -0.15) is 15.4 Å². The molecular weight excluding hydrogens is 292 g/mol. The number of hydrogen-bond donors (Lipinski definition) is 2. The molecule has 2 aromatic carbocycles. The molecular formula is C17H18N4O2. The maximum Gasteiger partial charge on any atom is 0.251 e. The number of para-hydroxylation sites is 1. The van der Waals surface area contributed by atoms with Crippen molar-refractivity contribution >= 4 is 16.9 Å². The monoisotopic (exact) mass is 310 g/mol. The summed E-state index contributed by atoms with van der Waals surface area (Å²) in [4.78, 5) is 12.1. The number of nitrogens with zero attached hydrogens (tertiary/aromatic N) is 2. The van der Waals surface area contributed by atoms with Crippen molar-refractivity contribution < 1.29 is 9.53 Å². The zero-order chi connectivity index (χ0) is 15.9. The molecule has 1 heterocycles. The van der Waals surface area contributed by atoms with E-state index in [1.54, 1.807) is 18.2 Å². The second kappa shape index (κ2) is 7.40. The predicted octanol–water partition coefficient (Wildman–Crippen LogP) is 2.55. The molecule has 0 aliphatic carbocycles. The van der Waals surface area contributed by atoms with Gasteiger partial charge in [-0.15, -0.1) is 0 Å². The maximum atomic E-state index is 12.1. The van der Waals surface area contributed by atoms with Crippen LogP contribution in [0.15, 0.2) is 48.5 Å². The van der Waals surface area contributed by atoms with Crippen LogP contribution in [-0.4, -0.2) is 34.5 Å². The van der Waals surface area contributed by atoms with Gasteiger partial charge in [-0.25, -0.2) is 0 Å². The third kappa shape index (κ3) is 4.06. The van der Waals surface area contributed by atoms with Gasteiger partial charge in [0.05, 0.1) is 6.61 Å². The molecule has 2 N–H and O–H groups in total. The third-order valence-corrected chi connectivity index (χ3v) is 3.45. The molecule has 0 spiro atoms. The molecule has 6 heteroatoms. The number of hydrogen-bond acceptors (Lipinski definition) is 4. The number of aromatic amines is 1. The molecule has 23 heavy (non-hydrogen) atoms. The number of nitrogens with one attached hydrogen (secondary N) is 2. The second-order valence-electron chi connectivity index (χ2n) is 5.15. The van der Waals surface area contributed by atoms with Crippen molar-refractivity contribution in [1.29, 1.82) is 0 Å². The fraction of sp³-hybridized carbons (Fsp3) is 0.235. The summed E-state index contributed by atoms with van der Waals surface area (Å²) < 4.78 is 5.61. The van der Waals surface area contributed by atoms with E-state index in [1.165, 1.54) is 0 Å². The molecule has 0 aliphatic rings. The minimum absolute atomic E-state index is 0.0983. The maximum absolute atomic E-state index is 12.1. The first-order chi connectivity index (χ1) is 11.3. The van der Waals surface area contributed by atoms with Crippen molar-refractivity contribution in [3.8, 4) is 5.75 Å². The van der Waals surface area contributed by atoms with Crippen LogP contribution in [0, 0.1) is 0 Å². The van der Waals surface area contributed by atoms with Crippen LogP contribution < -0.4 is 10.1 Å². The number of ether oxygens (including phenoxy) is 1.